The molecule has 6 N–H and O–H groups in total. The van der Waals surface area contributed by atoms with Crippen LogP contribution in [0, 0.1) is 0 Å². The molecule has 0 unspecified atom stereocenters. The summed E-state index contributed by atoms with van der Waals surface area (Å²) in [5.41, 5.74) is 5.89. The Morgan fingerprint density at radius 3 is 2.81 bits per heavy atom. The third-order valence-electron chi connectivity index (χ3n) is 6.37. The molecule has 4 aliphatic rings. The zero-order chi connectivity index (χ0) is 26.3. The van der Waals surface area contributed by atoms with E-state index < -0.39 is 35.1 Å². The van der Waals surface area contributed by atoms with Gasteiger partial charge in [-0.2, -0.15) is 9.36 Å². The largest absolute Gasteiger partial charge is 0.512 e. The number of carbonyl (C=O) groups is 4. The van der Waals surface area contributed by atoms with Crippen molar-refractivity contribution in [2.24, 2.45) is 5.16 Å². The molecular formula is C20H22N8O7S2. The molecule has 17 heteroatoms. The number of anilines is 1. The number of hydrogen-bond acceptors (Lipinski definition) is 13. The summed E-state index contributed by atoms with van der Waals surface area (Å²) in [6.07, 6.45) is 1.35. The number of oxime groups is 1. The Morgan fingerprint density at radius 1 is 1.35 bits per heavy atom. The van der Waals surface area contributed by atoms with Crippen LogP contribution in [0.1, 0.15) is 18.7 Å². The van der Waals surface area contributed by atoms with E-state index in [1.54, 1.807) is 6.08 Å². The molecule has 196 valence electrons. The smallest absolute Gasteiger partial charge is 0.449 e. The molecule has 0 radical (unpaired) electrons. The number of nitrogens with zero attached hydrogens (tertiary/aromatic N) is 5. The summed E-state index contributed by atoms with van der Waals surface area (Å²) in [5.74, 6) is -1.81. The van der Waals surface area contributed by atoms with Crippen LogP contribution < -0.4 is 16.4 Å². The van der Waals surface area contributed by atoms with Crippen LogP contribution in [0.5, 0.6) is 0 Å². The van der Waals surface area contributed by atoms with Crippen molar-refractivity contribution in [3.8, 4) is 0 Å². The molecule has 4 aliphatic heterocycles. The molecule has 37 heavy (non-hydrogen) atoms. The Balaban J connectivity index is 1.34. The highest BCUT2D eigenvalue weighted by Crippen LogP contribution is 2.41. The van der Waals surface area contributed by atoms with Crippen molar-refractivity contribution >= 4 is 58.0 Å². The van der Waals surface area contributed by atoms with Crippen molar-refractivity contribution in [3.05, 3.63) is 28.9 Å². The van der Waals surface area contributed by atoms with Crippen molar-refractivity contribution in [1.29, 1.82) is 0 Å². The zero-order valence-corrected chi connectivity index (χ0v) is 20.8. The maximum atomic E-state index is 13.0. The average molecular weight is 551 g/mol. The fraction of sp³-hybridized carbons (Fsp3) is 0.450. The highest BCUT2D eigenvalue weighted by atomic mass is 32.2. The van der Waals surface area contributed by atoms with E-state index in [1.165, 1.54) is 11.8 Å². The Hall–Kier alpha value is -3.70. The number of carbonyl (C=O) groups excluding carboxylic acids is 3. The van der Waals surface area contributed by atoms with Gasteiger partial charge in [0.1, 0.15) is 11.4 Å². The molecule has 0 bridgehead atoms. The van der Waals surface area contributed by atoms with Crippen molar-refractivity contribution in [2.75, 3.05) is 31.1 Å². The molecule has 1 aromatic heterocycles. The third kappa shape index (κ3) is 4.60. The van der Waals surface area contributed by atoms with E-state index in [0.29, 0.717) is 24.1 Å². The predicted octanol–water partition coefficient (Wildman–Crippen LogP) is -0.875. The number of aromatic nitrogens is 2. The number of β-lactam (4-membered cyclic amide) rings is 1. The molecule has 5 heterocycles. The fourth-order valence-electron chi connectivity index (χ4n) is 4.64. The zero-order valence-electron chi connectivity index (χ0n) is 19.1. The van der Waals surface area contributed by atoms with E-state index >= 15 is 0 Å². The second-order valence-corrected chi connectivity index (χ2v) is 10.4. The van der Waals surface area contributed by atoms with Gasteiger partial charge in [0.25, 0.3) is 11.8 Å². The minimum Gasteiger partial charge on any atom is -0.449 e. The summed E-state index contributed by atoms with van der Waals surface area (Å²) in [4.78, 5) is 56.8. The number of amides is 3. The molecule has 5 rings (SSSR count). The number of likely N-dealkylation sites (tertiary alicyclic amines) is 1. The van der Waals surface area contributed by atoms with Crippen molar-refractivity contribution in [1.82, 2.24) is 29.8 Å². The summed E-state index contributed by atoms with van der Waals surface area (Å²) in [7, 11) is 0. The fourth-order valence-corrected chi connectivity index (χ4v) is 6.36. The van der Waals surface area contributed by atoms with Crippen LogP contribution in [0.2, 0.25) is 0 Å². The Morgan fingerprint density at radius 2 is 2.16 bits per heavy atom. The van der Waals surface area contributed by atoms with Crippen LogP contribution in [0.15, 0.2) is 28.3 Å². The highest BCUT2D eigenvalue weighted by Gasteiger charge is 2.54. The third-order valence-corrected chi connectivity index (χ3v) is 8.21. The van der Waals surface area contributed by atoms with E-state index in [4.69, 9.17) is 10.5 Å². The van der Waals surface area contributed by atoms with Crippen molar-refractivity contribution < 1.29 is 34.2 Å². The first kappa shape index (κ1) is 25.0. The first-order chi connectivity index (χ1) is 17.8. The molecular weight excluding hydrogens is 528 g/mol. The first-order valence-electron chi connectivity index (χ1n) is 11.2. The molecule has 15 nitrogen and oxygen atoms in total. The lowest BCUT2D eigenvalue weighted by molar-refractivity contribution is -0.148. The minimum atomic E-state index is -1.62. The van der Waals surface area contributed by atoms with E-state index in [-0.39, 0.29) is 34.5 Å². The van der Waals surface area contributed by atoms with Gasteiger partial charge in [0, 0.05) is 47.6 Å². The summed E-state index contributed by atoms with van der Waals surface area (Å²) < 4.78 is 8.79. The summed E-state index contributed by atoms with van der Waals surface area (Å²) in [6.45, 7) is 2.15. The Bertz CT molecular complexity index is 1250. The average Bonchev–Trinajstić information content (AvgIpc) is 3.61. The summed E-state index contributed by atoms with van der Waals surface area (Å²) in [6, 6.07) is -0.929. The molecule has 0 aliphatic carbocycles. The predicted molar refractivity (Wildman–Crippen MR) is 129 cm³/mol. The summed E-state index contributed by atoms with van der Waals surface area (Å²) >= 11 is 2.07. The second kappa shape index (κ2) is 9.98. The standard InChI is InChI=1S/C20H22N8O7S2/c21-19-24-13(26-37-19)11(25-34)14(29)23-12-16(31)28-17(35-20(32)33)9(7-36-18(12)28)5-8-2-4-27(15(8)30)10-1-3-22-6-10/h5,10,12,18,22,34H,1-4,6-7H2,(H,23,29)(H,32,33)(H2,21,24,26)/b8-5+,25-11-/t10-,12-,18-/m1/s1. The van der Waals surface area contributed by atoms with Crippen LogP contribution in [0.25, 0.3) is 0 Å². The normalized spacial score (nSPS) is 27.0. The highest BCUT2D eigenvalue weighted by molar-refractivity contribution is 8.00. The number of allylic oxidation sites excluding steroid dienone is 1. The van der Waals surface area contributed by atoms with Gasteiger partial charge < -0.3 is 36.3 Å². The summed E-state index contributed by atoms with van der Waals surface area (Å²) in [5, 5.41) is 26.6. The number of nitrogens with two attached hydrogens (primary N) is 1. The SMILES string of the molecule is Nc1nc(/C(=N/O)C(=O)N[C@@H]2C(=O)N3C(OC(=O)O)=C(/C=C4\CCN([C@@H]5CCNC5)C4=O)CS[C@H]23)ns1. The lowest BCUT2D eigenvalue weighted by Crippen LogP contribution is -2.70. The van der Waals surface area contributed by atoms with Crippen LogP contribution >= 0.6 is 23.3 Å². The van der Waals surface area contributed by atoms with Crippen LogP contribution in [0.3, 0.4) is 0 Å². The van der Waals surface area contributed by atoms with Gasteiger partial charge in [0.2, 0.25) is 23.3 Å². The van der Waals surface area contributed by atoms with E-state index in [9.17, 15) is 29.5 Å². The van der Waals surface area contributed by atoms with E-state index in [1.807, 2.05) is 4.90 Å². The molecule has 0 spiro atoms. The molecule has 3 saturated heterocycles. The van der Waals surface area contributed by atoms with Gasteiger partial charge >= 0.3 is 6.16 Å². The van der Waals surface area contributed by atoms with Crippen molar-refractivity contribution in [2.45, 2.75) is 30.3 Å². The van der Waals surface area contributed by atoms with Gasteiger partial charge in [-0.1, -0.05) is 5.16 Å². The number of ether oxygens (including phenoxy) is 1. The number of carboxylic acid groups (broad SMARTS) is 1. The van der Waals surface area contributed by atoms with Crippen LogP contribution in [-0.2, 0) is 19.1 Å². The van der Waals surface area contributed by atoms with Gasteiger partial charge in [0.15, 0.2) is 5.13 Å². The van der Waals surface area contributed by atoms with Gasteiger partial charge in [-0.3, -0.25) is 19.3 Å². The van der Waals surface area contributed by atoms with E-state index in [0.717, 1.165) is 35.9 Å². The number of fused-ring (bicyclic) bond motifs is 1. The lowest BCUT2D eigenvalue weighted by atomic mass is 10.0. The Labute approximate surface area is 217 Å². The van der Waals surface area contributed by atoms with Gasteiger partial charge in [-0.15, -0.1) is 11.8 Å². The quantitative estimate of drug-likeness (QED) is 0.0730. The van der Waals surface area contributed by atoms with Gasteiger partial charge in [0.05, 0.1) is 0 Å². The first-order valence-corrected chi connectivity index (χ1v) is 13.0. The number of rotatable bonds is 6. The minimum absolute atomic E-state index is 0.0590. The topological polar surface area (TPSA) is 213 Å². The second-order valence-electron chi connectivity index (χ2n) is 8.53. The van der Waals surface area contributed by atoms with Crippen LogP contribution in [0.4, 0.5) is 9.93 Å². The molecule has 3 fully saturated rings. The number of thioether (sulfide) groups is 1. The molecule has 3 atom stereocenters. The van der Waals surface area contributed by atoms with Gasteiger partial charge in [-0.25, -0.2) is 4.79 Å². The number of hydrogen-bond donors (Lipinski definition) is 5. The van der Waals surface area contributed by atoms with Gasteiger partial charge in [-0.05, 0) is 25.5 Å². The molecule has 1 aromatic rings. The molecule has 3 amide bonds. The maximum Gasteiger partial charge on any atom is 0.512 e. The van der Waals surface area contributed by atoms with Crippen molar-refractivity contribution in [3.63, 3.8) is 0 Å². The number of nitrogen functional groups attached to an aromatic ring is 1. The molecule has 0 saturated carbocycles. The maximum absolute atomic E-state index is 13.0. The Kier molecular flexibility index (Phi) is 6.74. The van der Waals surface area contributed by atoms with E-state index in [2.05, 4.69) is 25.1 Å². The monoisotopic (exact) mass is 550 g/mol. The molecule has 0 aromatic carbocycles. The number of nitrogens with one attached hydrogen (secondary N) is 2. The lowest BCUT2D eigenvalue weighted by Gasteiger charge is -2.48. The van der Waals surface area contributed by atoms with Crippen LogP contribution in [-0.4, -0.2) is 102 Å².